The number of aromatic amines is 1. The van der Waals surface area contributed by atoms with Crippen molar-refractivity contribution in [2.45, 2.75) is 25.7 Å². The predicted octanol–water partition coefficient (Wildman–Crippen LogP) is 3.30. The summed E-state index contributed by atoms with van der Waals surface area (Å²) in [6.45, 7) is 4.64. The van der Waals surface area contributed by atoms with Crippen molar-refractivity contribution < 1.29 is 4.79 Å². The maximum atomic E-state index is 12.5. The van der Waals surface area contributed by atoms with Crippen molar-refractivity contribution in [3.63, 3.8) is 0 Å². The standard InChI is InChI=1S/C18H20ClN3O2/c1-12-2-4-13(5-3-12)11-21-17(23)15-10-14(6-7-16(15)19)22-9-8-20-18(22)24/h6-10,13H,1-5,11H2,(H,20,24)(H,21,23). The molecule has 0 spiro atoms. The van der Waals surface area contributed by atoms with Crippen LogP contribution in [-0.2, 0) is 0 Å². The molecule has 1 heterocycles. The summed E-state index contributed by atoms with van der Waals surface area (Å²) in [6.07, 6.45) is 7.35. The quantitative estimate of drug-likeness (QED) is 0.835. The maximum absolute atomic E-state index is 12.5. The number of rotatable bonds is 4. The normalized spacial score (nSPS) is 15.5. The monoisotopic (exact) mass is 345 g/mol. The van der Waals surface area contributed by atoms with Crippen molar-refractivity contribution in [1.82, 2.24) is 14.9 Å². The van der Waals surface area contributed by atoms with Gasteiger partial charge in [0.1, 0.15) is 0 Å². The number of H-pyrrole nitrogens is 1. The molecular weight excluding hydrogens is 326 g/mol. The smallest absolute Gasteiger partial charge is 0.330 e. The average Bonchev–Trinajstić information content (AvgIpc) is 3.00. The van der Waals surface area contributed by atoms with Gasteiger partial charge >= 0.3 is 5.69 Å². The van der Waals surface area contributed by atoms with E-state index in [1.165, 1.54) is 10.1 Å². The van der Waals surface area contributed by atoms with E-state index in [4.69, 9.17) is 11.6 Å². The van der Waals surface area contributed by atoms with Crippen LogP contribution in [0, 0.1) is 5.92 Å². The molecule has 2 N–H and O–H groups in total. The summed E-state index contributed by atoms with van der Waals surface area (Å²) in [4.78, 5) is 26.8. The second-order valence-corrected chi connectivity index (χ2v) is 6.61. The first-order valence-corrected chi connectivity index (χ1v) is 8.43. The second kappa shape index (κ2) is 7.09. The van der Waals surface area contributed by atoms with Gasteiger partial charge in [-0.05, 0) is 49.8 Å². The van der Waals surface area contributed by atoms with Gasteiger partial charge in [-0.25, -0.2) is 4.79 Å². The van der Waals surface area contributed by atoms with Crippen molar-refractivity contribution >= 4 is 17.5 Å². The lowest BCUT2D eigenvalue weighted by Gasteiger charge is -2.23. The third-order valence-electron chi connectivity index (χ3n) is 4.49. The molecule has 1 fully saturated rings. The number of nitrogens with zero attached hydrogens (tertiary/aromatic N) is 1. The maximum Gasteiger partial charge on any atom is 0.330 e. The summed E-state index contributed by atoms with van der Waals surface area (Å²) in [5, 5.41) is 3.34. The van der Waals surface area contributed by atoms with Gasteiger partial charge in [0.05, 0.1) is 16.3 Å². The van der Waals surface area contributed by atoms with E-state index in [9.17, 15) is 9.59 Å². The van der Waals surface area contributed by atoms with E-state index in [0.29, 0.717) is 28.7 Å². The summed E-state index contributed by atoms with van der Waals surface area (Å²) in [5.74, 6) is 0.267. The van der Waals surface area contributed by atoms with E-state index >= 15 is 0 Å². The topological polar surface area (TPSA) is 66.9 Å². The Bertz CT molecular complexity index is 812. The van der Waals surface area contributed by atoms with E-state index in [1.54, 1.807) is 30.6 Å². The molecule has 126 valence electrons. The van der Waals surface area contributed by atoms with Crippen molar-refractivity contribution in [3.8, 4) is 5.69 Å². The van der Waals surface area contributed by atoms with Crippen LogP contribution in [-0.4, -0.2) is 22.0 Å². The predicted molar refractivity (Wildman–Crippen MR) is 94.8 cm³/mol. The Balaban J connectivity index is 1.71. The highest BCUT2D eigenvalue weighted by molar-refractivity contribution is 6.33. The number of hydrogen-bond acceptors (Lipinski definition) is 2. The lowest BCUT2D eigenvalue weighted by atomic mass is 9.86. The summed E-state index contributed by atoms with van der Waals surface area (Å²) < 4.78 is 1.43. The van der Waals surface area contributed by atoms with Gasteiger partial charge in [-0.15, -0.1) is 0 Å². The molecule has 1 amide bonds. The highest BCUT2D eigenvalue weighted by atomic mass is 35.5. The molecule has 1 aromatic heterocycles. The Morgan fingerprint density at radius 1 is 1.38 bits per heavy atom. The first-order valence-electron chi connectivity index (χ1n) is 8.05. The summed E-state index contributed by atoms with van der Waals surface area (Å²) in [5.41, 5.74) is 2.02. The lowest BCUT2D eigenvalue weighted by molar-refractivity contribution is 0.0945. The number of halogens is 1. The first-order chi connectivity index (χ1) is 11.5. The molecule has 3 rings (SSSR count). The molecule has 0 saturated heterocycles. The minimum atomic E-state index is -0.258. The Labute approximate surface area is 145 Å². The number of hydrogen-bond donors (Lipinski definition) is 2. The third kappa shape index (κ3) is 3.62. The zero-order valence-corrected chi connectivity index (χ0v) is 14.1. The second-order valence-electron chi connectivity index (χ2n) is 6.20. The molecule has 1 saturated carbocycles. The van der Waals surface area contributed by atoms with Gasteiger partial charge in [0, 0.05) is 18.9 Å². The van der Waals surface area contributed by atoms with Gasteiger partial charge in [0.25, 0.3) is 5.91 Å². The Kier molecular flexibility index (Phi) is 4.90. The fourth-order valence-corrected chi connectivity index (χ4v) is 3.19. The highest BCUT2D eigenvalue weighted by Crippen LogP contribution is 2.26. The minimum Gasteiger partial charge on any atom is -0.352 e. The van der Waals surface area contributed by atoms with E-state index < -0.39 is 0 Å². The molecule has 1 aromatic carbocycles. The van der Waals surface area contributed by atoms with Gasteiger partial charge in [0.15, 0.2) is 0 Å². The summed E-state index contributed by atoms with van der Waals surface area (Å²) in [7, 11) is 0. The average molecular weight is 346 g/mol. The van der Waals surface area contributed by atoms with Crippen LogP contribution < -0.4 is 11.0 Å². The van der Waals surface area contributed by atoms with Crippen LogP contribution in [0.1, 0.15) is 36.0 Å². The van der Waals surface area contributed by atoms with Gasteiger partial charge in [-0.2, -0.15) is 0 Å². The van der Waals surface area contributed by atoms with E-state index in [2.05, 4.69) is 16.9 Å². The fraction of sp³-hybridized carbons (Fsp3) is 0.333. The molecular formula is C18H20ClN3O2. The molecule has 0 radical (unpaired) electrons. The van der Waals surface area contributed by atoms with Crippen molar-refractivity contribution in [2.24, 2.45) is 5.92 Å². The van der Waals surface area contributed by atoms with Crippen LogP contribution in [0.2, 0.25) is 5.02 Å². The van der Waals surface area contributed by atoms with Crippen LogP contribution >= 0.6 is 11.6 Å². The number of benzene rings is 1. The number of carbonyl (C=O) groups excluding carboxylic acids is 1. The molecule has 1 aliphatic rings. The number of imidazole rings is 1. The van der Waals surface area contributed by atoms with Crippen molar-refractivity contribution in [3.05, 3.63) is 63.8 Å². The van der Waals surface area contributed by atoms with Crippen molar-refractivity contribution in [2.75, 3.05) is 6.54 Å². The number of carbonyl (C=O) groups is 1. The zero-order chi connectivity index (χ0) is 17.1. The molecule has 2 aromatic rings. The molecule has 1 aliphatic carbocycles. The Morgan fingerprint density at radius 2 is 2.12 bits per heavy atom. The van der Waals surface area contributed by atoms with E-state index in [1.807, 2.05) is 0 Å². The molecule has 0 atom stereocenters. The zero-order valence-electron chi connectivity index (χ0n) is 13.3. The van der Waals surface area contributed by atoms with Gasteiger partial charge in [0.2, 0.25) is 0 Å². The largest absolute Gasteiger partial charge is 0.352 e. The lowest BCUT2D eigenvalue weighted by Crippen LogP contribution is -2.30. The number of amides is 1. The molecule has 0 aliphatic heterocycles. The van der Waals surface area contributed by atoms with Crippen LogP contribution in [0.25, 0.3) is 5.69 Å². The number of aromatic nitrogens is 2. The molecule has 24 heavy (non-hydrogen) atoms. The summed E-state index contributed by atoms with van der Waals surface area (Å²) >= 11 is 6.17. The van der Waals surface area contributed by atoms with Crippen LogP contribution in [0.3, 0.4) is 0 Å². The number of allylic oxidation sites excluding steroid dienone is 1. The third-order valence-corrected chi connectivity index (χ3v) is 4.82. The Hall–Kier alpha value is -2.27. The van der Waals surface area contributed by atoms with Crippen LogP contribution in [0.15, 0.2) is 47.5 Å². The minimum absolute atomic E-state index is 0.213. The Morgan fingerprint density at radius 3 is 2.79 bits per heavy atom. The number of nitrogens with one attached hydrogen (secondary N) is 2. The molecule has 5 nitrogen and oxygen atoms in total. The molecule has 0 unspecified atom stereocenters. The van der Waals surface area contributed by atoms with Crippen LogP contribution in [0.4, 0.5) is 0 Å². The van der Waals surface area contributed by atoms with Crippen LogP contribution in [0.5, 0.6) is 0 Å². The van der Waals surface area contributed by atoms with Crippen molar-refractivity contribution in [1.29, 1.82) is 0 Å². The first kappa shape index (κ1) is 16.6. The van der Waals surface area contributed by atoms with Gasteiger partial charge in [-0.3, -0.25) is 9.36 Å². The van der Waals surface area contributed by atoms with E-state index in [0.717, 1.165) is 25.7 Å². The molecule has 6 heteroatoms. The van der Waals surface area contributed by atoms with Gasteiger partial charge in [-0.1, -0.05) is 23.8 Å². The summed E-state index contributed by atoms with van der Waals surface area (Å²) in [6, 6.07) is 4.98. The SMILES string of the molecule is C=C1CCC(CNC(=O)c2cc(-n3cc[nH]c3=O)ccc2Cl)CC1. The van der Waals surface area contributed by atoms with Gasteiger partial charge < -0.3 is 10.3 Å². The van der Waals surface area contributed by atoms with E-state index in [-0.39, 0.29) is 11.6 Å². The molecule has 0 bridgehead atoms. The fourth-order valence-electron chi connectivity index (χ4n) is 2.98. The highest BCUT2D eigenvalue weighted by Gasteiger charge is 2.18.